The van der Waals surface area contributed by atoms with Gasteiger partial charge in [0.25, 0.3) is 5.56 Å². The van der Waals surface area contributed by atoms with Gasteiger partial charge < -0.3 is 9.47 Å². The van der Waals surface area contributed by atoms with E-state index in [2.05, 4.69) is 10.3 Å². The van der Waals surface area contributed by atoms with E-state index in [-0.39, 0.29) is 28.5 Å². The van der Waals surface area contributed by atoms with Crippen molar-refractivity contribution in [1.82, 2.24) is 15.0 Å². The Balaban J connectivity index is 1.96. The zero-order chi connectivity index (χ0) is 19.4. The Morgan fingerprint density at radius 2 is 2.07 bits per heavy atom. The second-order valence-corrected chi connectivity index (χ2v) is 5.97. The lowest BCUT2D eigenvalue weighted by Gasteiger charge is -2.11. The minimum atomic E-state index is -0.785. The van der Waals surface area contributed by atoms with Crippen molar-refractivity contribution in [2.24, 2.45) is 0 Å². The molecule has 3 rings (SSSR count). The minimum absolute atomic E-state index is 0.0170. The molecule has 3 aromatic rings. The number of benzene rings is 2. The maximum atomic E-state index is 14.4. The van der Waals surface area contributed by atoms with Crippen molar-refractivity contribution in [1.29, 1.82) is 0 Å². The monoisotopic (exact) mass is 391 g/mol. The first-order valence-corrected chi connectivity index (χ1v) is 8.51. The smallest absolute Gasteiger partial charge is 0.344 e. The molecule has 0 saturated heterocycles. The second-order valence-electron chi connectivity index (χ2n) is 5.57. The van der Waals surface area contributed by atoms with E-state index in [9.17, 15) is 14.0 Å². The van der Waals surface area contributed by atoms with Gasteiger partial charge in [0.15, 0.2) is 12.4 Å². The summed E-state index contributed by atoms with van der Waals surface area (Å²) in [7, 11) is 0. The summed E-state index contributed by atoms with van der Waals surface area (Å²) in [4.78, 5) is 24.2. The largest absolute Gasteiger partial charge is 0.480 e. The fourth-order valence-corrected chi connectivity index (χ4v) is 2.54. The summed E-state index contributed by atoms with van der Waals surface area (Å²) in [5.41, 5.74) is -0.349. The number of rotatable bonds is 6. The van der Waals surface area contributed by atoms with Crippen LogP contribution >= 0.6 is 11.6 Å². The van der Waals surface area contributed by atoms with Gasteiger partial charge in [0.1, 0.15) is 17.0 Å². The highest BCUT2D eigenvalue weighted by Gasteiger charge is 2.16. The molecule has 0 spiro atoms. The quantitative estimate of drug-likeness (QED) is 0.601. The summed E-state index contributed by atoms with van der Waals surface area (Å²) >= 11 is 5.97. The van der Waals surface area contributed by atoms with E-state index in [4.69, 9.17) is 21.1 Å². The van der Waals surface area contributed by atoms with Crippen LogP contribution in [0.5, 0.6) is 5.75 Å². The van der Waals surface area contributed by atoms with Gasteiger partial charge in [0.05, 0.1) is 17.0 Å². The lowest BCUT2D eigenvalue weighted by atomic mass is 10.2. The van der Waals surface area contributed by atoms with Crippen molar-refractivity contribution < 1.29 is 18.7 Å². The minimum Gasteiger partial charge on any atom is -0.480 e. The first kappa shape index (κ1) is 18.8. The van der Waals surface area contributed by atoms with Crippen LogP contribution in [0.25, 0.3) is 16.6 Å². The Morgan fingerprint density at radius 3 is 2.85 bits per heavy atom. The van der Waals surface area contributed by atoms with Crippen molar-refractivity contribution in [2.45, 2.75) is 13.3 Å². The average Bonchev–Trinajstić information content (AvgIpc) is 2.67. The van der Waals surface area contributed by atoms with Crippen LogP contribution in [0.4, 0.5) is 4.39 Å². The molecule has 140 valence electrons. The second kappa shape index (κ2) is 8.13. The number of fused-ring (bicyclic) bond motifs is 1. The summed E-state index contributed by atoms with van der Waals surface area (Å²) < 4.78 is 25.4. The van der Waals surface area contributed by atoms with Crippen molar-refractivity contribution in [2.75, 3.05) is 13.2 Å². The first-order valence-electron chi connectivity index (χ1n) is 8.14. The molecule has 2 aromatic carbocycles. The third-order valence-electron chi connectivity index (χ3n) is 3.61. The average molecular weight is 392 g/mol. The third-order valence-corrected chi connectivity index (χ3v) is 3.91. The van der Waals surface area contributed by atoms with Crippen molar-refractivity contribution in [3.63, 3.8) is 0 Å². The normalized spacial score (nSPS) is 10.8. The van der Waals surface area contributed by atoms with Crippen LogP contribution in [-0.4, -0.2) is 34.2 Å². The molecule has 0 aliphatic carbocycles. The van der Waals surface area contributed by atoms with Crippen LogP contribution in [0, 0.1) is 5.82 Å². The summed E-state index contributed by atoms with van der Waals surface area (Å²) in [5, 5.41) is 7.92. The van der Waals surface area contributed by atoms with Gasteiger partial charge in [-0.15, -0.1) is 5.10 Å². The Morgan fingerprint density at radius 1 is 1.30 bits per heavy atom. The fraction of sp³-hybridized carbons (Fsp3) is 0.222. The third kappa shape index (κ3) is 4.06. The number of esters is 1. The number of hydrogen-bond donors (Lipinski definition) is 0. The lowest BCUT2D eigenvalue weighted by molar-refractivity contribution is -0.146. The van der Waals surface area contributed by atoms with E-state index in [0.717, 1.165) is 10.7 Å². The highest BCUT2D eigenvalue weighted by atomic mass is 35.5. The predicted molar refractivity (Wildman–Crippen MR) is 96.8 cm³/mol. The molecule has 0 radical (unpaired) electrons. The van der Waals surface area contributed by atoms with Gasteiger partial charge in [-0.2, -0.15) is 4.68 Å². The molecular weight excluding hydrogens is 377 g/mol. The fourth-order valence-electron chi connectivity index (χ4n) is 2.33. The van der Waals surface area contributed by atoms with Gasteiger partial charge in [-0.3, -0.25) is 4.79 Å². The van der Waals surface area contributed by atoms with E-state index >= 15 is 0 Å². The molecule has 0 aliphatic rings. The Bertz CT molecular complexity index is 1050. The number of nitrogens with zero attached hydrogens (tertiary/aromatic N) is 3. The first-order chi connectivity index (χ1) is 13.0. The number of ether oxygens (including phenoxy) is 2. The summed E-state index contributed by atoms with van der Waals surface area (Å²) in [6, 6.07) is 8.75. The van der Waals surface area contributed by atoms with E-state index in [1.54, 1.807) is 24.3 Å². The lowest BCUT2D eigenvalue weighted by Crippen LogP contribution is -2.23. The Labute approximate surface area is 158 Å². The standard InChI is InChI=1S/C18H15ClFN3O4/c1-2-7-26-17(24)10-27-16-9-15(13(20)8-12(16)19)23-18(25)11-5-3-4-6-14(11)21-22-23/h3-6,8-9H,2,7,10H2,1H3. The number of hydrogen-bond acceptors (Lipinski definition) is 6. The van der Waals surface area contributed by atoms with Crippen LogP contribution in [0.1, 0.15) is 13.3 Å². The molecule has 0 bridgehead atoms. The van der Waals surface area contributed by atoms with Crippen LogP contribution in [-0.2, 0) is 9.53 Å². The summed E-state index contributed by atoms with van der Waals surface area (Å²) in [6.07, 6.45) is 0.677. The maximum absolute atomic E-state index is 14.4. The van der Waals surface area contributed by atoms with Crippen molar-refractivity contribution >= 4 is 28.5 Å². The molecule has 0 aliphatic heterocycles. The zero-order valence-corrected chi connectivity index (χ0v) is 15.1. The summed E-state index contributed by atoms with van der Waals surface area (Å²) in [5.74, 6) is -1.35. The van der Waals surface area contributed by atoms with Gasteiger partial charge in [-0.05, 0) is 24.6 Å². The highest BCUT2D eigenvalue weighted by Crippen LogP contribution is 2.29. The predicted octanol–water partition coefficient (Wildman–Crippen LogP) is 2.91. The molecule has 0 atom stereocenters. The van der Waals surface area contributed by atoms with Gasteiger partial charge in [0, 0.05) is 6.07 Å². The van der Waals surface area contributed by atoms with Crippen LogP contribution in [0.3, 0.4) is 0 Å². The Hall–Kier alpha value is -3.00. The number of halogens is 2. The molecule has 27 heavy (non-hydrogen) atoms. The molecule has 1 heterocycles. The highest BCUT2D eigenvalue weighted by molar-refractivity contribution is 6.32. The van der Waals surface area contributed by atoms with Crippen LogP contribution < -0.4 is 10.3 Å². The van der Waals surface area contributed by atoms with Gasteiger partial charge >= 0.3 is 5.97 Å². The van der Waals surface area contributed by atoms with E-state index in [0.29, 0.717) is 11.9 Å². The number of aromatic nitrogens is 3. The van der Waals surface area contributed by atoms with E-state index < -0.39 is 24.0 Å². The topological polar surface area (TPSA) is 83.3 Å². The molecule has 9 heteroatoms. The molecule has 0 unspecified atom stereocenters. The molecule has 7 nitrogen and oxygen atoms in total. The van der Waals surface area contributed by atoms with Crippen molar-refractivity contribution in [3.05, 3.63) is 57.6 Å². The molecule has 0 N–H and O–H groups in total. The van der Waals surface area contributed by atoms with Gasteiger partial charge in [-0.25, -0.2) is 9.18 Å². The van der Waals surface area contributed by atoms with Crippen LogP contribution in [0.2, 0.25) is 5.02 Å². The number of carbonyl (C=O) groups excluding carboxylic acids is 1. The molecule has 1 aromatic heterocycles. The Kier molecular flexibility index (Phi) is 5.66. The van der Waals surface area contributed by atoms with Gasteiger partial charge in [0.2, 0.25) is 0 Å². The zero-order valence-electron chi connectivity index (χ0n) is 14.3. The maximum Gasteiger partial charge on any atom is 0.344 e. The SMILES string of the molecule is CCCOC(=O)COc1cc(-n2nnc3ccccc3c2=O)c(F)cc1Cl. The molecule has 0 saturated carbocycles. The summed E-state index contributed by atoms with van der Waals surface area (Å²) in [6.45, 7) is 1.73. The van der Waals surface area contributed by atoms with Crippen LogP contribution in [0.15, 0.2) is 41.2 Å². The molecule has 0 amide bonds. The van der Waals surface area contributed by atoms with Gasteiger partial charge in [-0.1, -0.05) is 35.9 Å². The molecular formula is C18H15ClFN3O4. The number of carbonyl (C=O) groups is 1. The van der Waals surface area contributed by atoms with E-state index in [1.807, 2.05) is 6.92 Å². The molecule has 0 fully saturated rings. The van der Waals surface area contributed by atoms with Crippen molar-refractivity contribution in [3.8, 4) is 11.4 Å². The van der Waals surface area contributed by atoms with E-state index in [1.165, 1.54) is 6.07 Å².